The third kappa shape index (κ3) is 3.37. The number of amides is 2. The Kier molecular flexibility index (Phi) is 5.07. The van der Waals surface area contributed by atoms with E-state index in [2.05, 4.69) is 11.0 Å². The number of nitriles is 1. The average Bonchev–Trinajstić information content (AvgIpc) is 3.37. The highest BCUT2D eigenvalue weighted by atomic mass is 19.1. The summed E-state index contributed by atoms with van der Waals surface area (Å²) >= 11 is 0. The van der Waals surface area contributed by atoms with Crippen LogP contribution in [-0.4, -0.2) is 64.3 Å². The van der Waals surface area contributed by atoms with Crippen molar-refractivity contribution in [2.24, 2.45) is 5.92 Å². The van der Waals surface area contributed by atoms with Crippen LogP contribution in [0.2, 0.25) is 0 Å². The van der Waals surface area contributed by atoms with Crippen molar-refractivity contribution < 1.29 is 14.0 Å². The highest BCUT2D eigenvalue weighted by Crippen LogP contribution is 2.34. The standard InChI is InChI=1S/C21H25FN4O2/c1-14(20(27)25-7-3-6-17(25)10-23)11-24-13-18-9-19(24)21(28)26(18)12-15-4-2-5-16(22)8-15/h2,4-5,8,14,17-19H,3,6-7,9,11-13H2,1H3/t14?,17?,18-,19-/m0/s1. The highest BCUT2D eigenvalue weighted by molar-refractivity contribution is 5.86. The van der Waals surface area contributed by atoms with Crippen LogP contribution in [-0.2, 0) is 16.1 Å². The van der Waals surface area contributed by atoms with E-state index in [9.17, 15) is 19.2 Å². The van der Waals surface area contributed by atoms with E-state index >= 15 is 0 Å². The van der Waals surface area contributed by atoms with Crippen LogP contribution in [0.3, 0.4) is 0 Å². The molecule has 3 aliphatic rings. The molecule has 1 aromatic rings. The summed E-state index contributed by atoms with van der Waals surface area (Å²) in [6.45, 7) is 4.24. The van der Waals surface area contributed by atoms with Gasteiger partial charge in [-0.3, -0.25) is 14.5 Å². The van der Waals surface area contributed by atoms with Crippen molar-refractivity contribution in [1.29, 1.82) is 5.26 Å². The summed E-state index contributed by atoms with van der Waals surface area (Å²) < 4.78 is 13.4. The Balaban J connectivity index is 1.36. The van der Waals surface area contributed by atoms with Crippen molar-refractivity contribution in [1.82, 2.24) is 14.7 Å². The molecule has 2 unspecified atom stereocenters. The Morgan fingerprint density at radius 1 is 1.43 bits per heavy atom. The van der Waals surface area contributed by atoms with Gasteiger partial charge in [0.2, 0.25) is 11.8 Å². The van der Waals surface area contributed by atoms with Gasteiger partial charge in [-0.05, 0) is 37.0 Å². The van der Waals surface area contributed by atoms with Gasteiger partial charge < -0.3 is 9.80 Å². The molecular formula is C21H25FN4O2. The minimum atomic E-state index is -0.312. The lowest BCUT2D eigenvalue weighted by molar-refractivity contribution is -0.140. The molecule has 0 N–H and O–H groups in total. The lowest BCUT2D eigenvalue weighted by atomic mass is 10.1. The van der Waals surface area contributed by atoms with Gasteiger partial charge in [-0.15, -0.1) is 0 Å². The van der Waals surface area contributed by atoms with E-state index in [-0.39, 0.29) is 41.7 Å². The van der Waals surface area contributed by atoms with Gasteiger partial charge in [0.05, 0.1) is 12.1 Å². The largest absolute Gasteiger partial charge is 0.333 e. The maximum absolute atomic E-state index is 13.4. The fourth-order valence-corrected chi connectivity index (χ4v) is 4.85. The van der Waals surface area contributed by atoms with Gasteiger partial charge in [0.15, 0.2) is 0 Å². The van der Waals surface area contributed by atoms with E-state index in [4.69, 9.17) is 0 Å². The van der Waals surface area contributed by atoms with Gasteiger partial charge in [-0.1, -0.05) is 19.1 Å². The Morgan fingerprint density at radius 2 is 2.25 bits per heavy atom. The van der Waals surface area contributed by atoms with Gasteiger partial charge in [-0.2, -0.15) is 5.26 Å². The number of piperazine rings is 1. The molecule has 0 aromatic heterocycles. The molecule has 2 bridgehead atoms. The van der Waals surface area contributed by atoms with Gasteiger partial charge in [-0.25, -0.2) is 4.39 Å². The predicted molar refractivity (Wildman–Crippen MR) is 100 cm³/mol. The summed E-state index contributed by atoms with van der Waals surface area (Å²) in [7, 11) is 0. The molecule has 4 atom stereocenters. The van der Waals surface area contributed by atoms with Crippen LogP contribution in [0.5, 0.6) is 0 Å². The lowest BCUT2D eigenvalue weighted by Crippen LogP contribution is -2.52. The SMILES string of the molecule is CC(CN1C[C@@H]2C[C@H]1C(=O)N2Cc1cccc(F)c1)C(=O)N1CCCC1C#N. The summed E-state index contributed by atoms with van der Waals surface area (Å²) in [5.74, 6) is -0.453. The van der Waals surface area contributed by atoms with Gasteiger partial charge in [0.25, 0.3) is 0 Å². The maximum atomic E-state index is 13.4. The Labute approximate surface area is 164 Å². The first-order valence-corrected chi connectivity index (χ1v) is 9.97. The van der Waals surface area contributed by atoms with E-state index in [1.54, 1.807) is 11.0 Å². The fraction of sp³-hybridized carbons (Fsp3) is 0.571. The maximum Gasteiger partial charge on any atom is 0.240 e. The Hall–Kier alpha value is -2.46. The molecule has 6 nitrogen and oxygen atoms in total. The Bertz CT molecular complexity index is 823. The van der Waals surface area contributed by atoms with Gasteiger partial charge >= 0.3 is 0 Å². The highest BCUT2D eigenvalue weighted by Gasteiger charge is 2.49. The van der Waals surface area contributed by atoms with E-state index in [0.29, 0.717) is 19.6 Å². The molecule has 3 heterocycles. The number of carbonyl (C=O) groups is 2. The molecule has 0 saturated carbocycles. The van der Waals surface area contributed by atoms with Crippen molar-refractivity contribution in [2.75, 3.05) is 19.6 Å². The van der Waals surface area contributed by atoms with Crippen LogP contribution in [0.4, 0.5) is 4.39 Å². The molecule has 0 aliphatic carbocycles. The van der Waals surface area contributed by atoms with Crippen LogP contribution in [0.1, 0.15) is 31.7 Å². The second kappa shape index (κ2) is 7.51. The van der Waals surface area contributed by atoms with E-state index in [1.165, 1.54) is 12.1 Å². The third-order valence-electron chi connectivity index (χ3n) is 6.25. The minimum absolute atomic E-state index is 0.0101. The van der Waals surface area contributed by atoms with Crippen molar-refractivity contribution in [3.05, 3.63) is 35.6 Å². The smallest absolute Gasteiger partial charge is 0.240 e. The van der Waals surface area contributed by atoms with Crippen molar-refractivity contribution in [3.8, 4) is 6.07 Å². The third-order valence-corrected chi connectivity index (χ3v) is 6.25. The van der Waals surface area contributed by atoms with E-state index in [1.807, 2.05) is 17.9 Å². The number of nitrogens with zero attached hydrogens (tertiary/aromatic N) is 4. The van der Waals surface area contributed by atoms with Gasteiger partial charge in [0, 0.05) is 38.1 Å². The van der Waals surface area contributed by atoms with Crippen LogP contribution >= 0.6 is 0 Å². The molecule has 28 heavy (non-hydrogen) atoms. The number of halogens is 1. The first kappa shape index (κ1) is 18.9. The molecule has 3 aliphatic heterocycles. The summed E-state index contributed by atoms with van der Waals surface area (Å²) in [4.78, 5) is 31.2. The van der Waals surface area contributed by atoms with Crippen LogP contribution in [0, 0.1) is 23.1 Å². The average molecular weight is 384 g/mol. The molecular weight excluding hydrogens is 359 g/mol. The number of carbonyl (C=O) groups excluding carboxylic acids is 2. The molecule has 0 spiro atoms. The van der Waals surface area contributed by atoms with E-state index in [0.717, 1.165) is 31.4 Å². The minimum Gasteiger partial charge on any atom is -0.333 e. The normalized spacial score (nSPS) is 28.0. The topological polar surface area (TPSA) is 67.7 Å². The summed E-state index contributed by atoms with van der Waals surface area (Å²) in [6, 6.07) is 8.19. The zero-order chi connectivity index (χ0) is 19.8. The van der Waals surface area contributed by atoms with Crippen LogP contribution < -0.4 is 0 Å². The monoisotopic (exact) mass is 384 g/mol. The second-order valence-corrected chi connectivity index (χ2v) is 8.18. The number of rotatable bonds is 5. The van der Waals surface area contributed by atoms with Crippen molar-refractivity contribution in [3.63, 3.8) is 0 Å². The lowest BCUT2D eigenvalue weighted by Gasteiger charge is -2.35. The van der Waals surface area contributed by atoms with Crippen LogP contribution in [0.25, 0.3) is 0 Å². The number of hydrogen-bond acceptors (Lipinski definition) is 4. The summed E-state index contributed by atoms with van der Waals surface area (Å²) in [6.07, 6.45) is 2.38. The number of likely N-dealkylation sites (tertiary alicyclic amines) is 3. The molecule has 3 fully saturated rings. The van der Waals surface area contributed by atoms with E-state index < -0.39 is 0 Å². The number of fused-ring (bicyclic) bond motifs is 2. The first-order chi connectivity index (χ1) is 13.5. The van der Waals surface area contributed by atoms with Crippen molar-refractivity contribution in [2.45, 2.75) is 50.9 Å². The molecule has 7 heteroatoms. The van der Waals surface area contributed by atoms with Crippen LogP contribution in [0.15, 0.2) is 24.3 Å². The molecule has 0 radical (unpaired) electrons. The zero-order valence-corrected chi connectivity index (χ0v) is 16.1. The second-order valence-electron chi connectivity index (χ2n) is 8.18. The number of benzene rings is 1. The number of hydrogen-bond donors (Lipinski definition) is 0. The zero-order valence-electron chi connectivity index (χ0n) is 16.1. The van der Waals surface area contributed by atoms with Crippen molar-refractivity contribution >= 4 is 11.8 Å². The molecule has 2 amide bonds. The fourth-order valence-electron chi connectivity index (χ4n) is 4.85. The molecule has 1 aromatic carbocycles. The molecule has 4 rings (SSSR count). The summed E-state index contributed by atoms with van der Waals surface area (Å²) in [5, 5.41) is 9.21. The quantitative estimate of drug-likeness (QED) is 0.776. The summed E-state index contributed by atoms with van der Waals surface area (Å²) in [5.41, 5.74) is 0.799. The van der Waals surface area contributed by atoms with Gasteiger partial charge in [0.1, 0.15) is 11.9 Å². The predicted octanol–water partition coefficient (Wildman–Crippen LogP) is 1.76. The Morgan fingerprint density at radius 3 is 2.96 bits per heavy atom. The first-order valence-electron chi connectivity index (χ1n) is 9.97. The molecule has 3 saturated heterocycles. The molecule has 148 valence electrons.